The summed E-state index contributed by atoms with van der Waals surface area (Å²) in [5.41, 5.74) is 3.89. The third-order valence-electron chi connectivity index (χ3n) is 4.31. The lowest BCUT2D eigenvalue weighted by atomic mass is 10.1. The SMILES string of the molecule is Cc1ccc(CSC2=NC3CS(=O)(=O)CC3N2C)cc1C. The van der Waals surface area contributed by atoms with Crippen molar-refractivity contribution < 1.29 is 8.42 Å². The van der Waals surface area contributed by atoms with Gasteiger partial charge in [0.25, 0.3) is 0 Å². The summed E-state index contributed by atoms with van der Waals surface area (Å²) in [4.78, 5) is 6.65. The van der Waals surface area contributed by atoms with Crippen molar-refractivity contribution in [2.24, 2.45) is 4.99 Å². The molecular weight excluding hydrogens is 304 g/mol. The molecule has 1 aromatic rings. The minimum atomic E-state index is -2.90. The Kier molecular flexibility index (Phi) is 3.78. The third-order valence-corrected chi connectivity index (χ3v) is 7.14. The standard InChI is InChI=1S/C15H20N2O2S2/c1-10-4-5-12(6-11(10)2)7-20-15-16-13-8-21(18,19)9-14(13)17(15)3/h4-6,13-14H,7-9H2,1-3H3. The van der Waals surface area contributed by atoms with Crippen molar-refractivity contribution in [1.82, 2.24) is 4.90 Å². The van der Waals surface area contributed by atoms with Gasteiger partial charge in [0, 0.05) is 12.8 Å². The van der Waals surface area contributed by atoms with Crippen molar-refractivity contribution in [2.75, 3.05) is 18.6 Å². The van der Waals surface area contributed by atoms with E-state index < -0.39 is 9.84 Å². The number of benzene rings is 1. The summed E-state index contributed by atoms with van der Waals surface area (Å²) >= 11 is 1.70. The van der Waals surface area contributed by atoms with Gasteiger partial charge in [-0.2, -0.15) is 0 Å². The molecule has 6 heteroatoms. The van der Waals surface area contributed by atoms with Crippen LogP contribution in [0.1, 0.15) is 16.7 Å². The average molecular weight is 324 g/mol. The first-order valence-electron chi connectivity index (χ1n) is 7.06. The normalized spacial score (nSPS) is 26.8. The minimum absolute atomic E-state index is 0.0391. The summed E-state index contributed by atoms with van der Waals surface area (Å²) < 4.78 is 23.3. The van der Waals surface area contributed by atoms with Crippen LogP contribution in [0.2, 0.25) is 0 Å². The van der Waals surface area contributed by atoms with E-state index in [0.29, 0.717) is 0 Å². The predicted molar refractivity (Wildman–Crippen MR) is 88.6 cm³/mol. The van der Waals surface area contributed by atoms with E-state index in [1.807, 2.05) is 11.9 Å². The van der Waals surface area contributed by atoms with Crippen LogP contribution < -0.4 is 0 Å². The molecular formula is C15H20N2O2S2. The van der Waals surface area contributed by atoms with Gasteiger partial charge in [-0.1, -0.05) is 30.0 Å². The quantitative estimate of drug-likeness (QED) is 0.835. The number of aliphatic imine (C=N–C) groups is 1. The molecule has 0 radical (unpaired) electrons. The zero-order valence-corrected chi connectivity index (χ0v) is 14.2. The van der Waals surface area contributed by atoms with Crippen LogP contribution >= 0.6 is 11.8 Å². The number of hydrogen-bond donors (Lipinski definition) is 0. The van der Waals surface area contributed by atoms with Crippen LogP contribution in [0, 0.1) is 13.8 Å². The van der Waals surface area contributed by atoms with E-state index in [1.165, 1.54) is 16.7 Å². The summed E-state index contributed by atoms with van der Waals surface area (Å²) in [6.45, 7) is 4.24. The highest BCUT2D eigenvalue weighted by Crippen LogP contribution is 2.31. The second-order valence-electron chi connectivity index (χ2n) is 5.94. The van der Waals surface area contributed by atoms with E-state index in [1.54, 1.807) is 11.8 Å². The van der Waals surface area contributed by atoms with Gasteiger partial charge in [0.1, 0.15) is 0 Å². The molecule has 2 unspecified atom stereocenters. The van der Waals surface area contributed by atoms with Gasteiger partial charge in [0.05, 0.1) is 23.6 Å². The molecule has 0 N–H and O–H groups in total. The molecule has 2 heterocycles. The van der Waals surface area contributed by atoms with E-state index in [-0.39, 0.29) is 23.6 Å². The first-order valence-corrected chi connectivity index (χ1v) is 9.86. The molecule has 4 nitrogen and oxygen atoms in total. The fourth-order valence-electron chi connectivity index (χ4n) is 2.86. The molecule has 0 amide bonds. The minimum Gasteiger partial charge on any atom is -0.348 e. The van der Waals surface area contributed by atoms with Gasteiger partial charge in [-0.3, -0.25) is 4.99 Å². The van der Waals surface area contributed by atoms with Crippen LogP contribution in [0.25, 0.3) is 0 Å². The number of thioether (sulfide) groups is 1. The van der Waals surface area contributed by atoms with Gasteiger partial charge in [-0.05, 0) is 30.5 Å². The Balaban J connectivity index is 1.68. The molecule has 2 aliphatic heterocycles. The summed E-state index contributed by atoms with van der Waals surface area (Å²) in [7, 11) is -0.941. The molecule has 0 aliphatic carbocycles. The van der Waals surface area contributed by atoms with Gasteiger partial charge in [-0.15, -0.1) is 0 Å². The Bertz CT molecular complexity index is 698. The Hall–Kier alpha value is -1.01. The first-order chi connectivity index (χ1) is 9.85. The van der Waals surface area contributed by atoms with Crippen molar-refractivity contribution in [3.8, 4) is 0 Å². The van der Waals surface area contributed by atoms with Crippen LogP contribution in [-0.4, -0.2) is 49.1 Å². The van der Waals surface area contributed by atoms with Crippen molar-refractivity contribution in [3.63, 3.8) is 0 Å². The Labute approximate surface area is 130 Å². The lowest BCUT2D eigenvalue weighted by Crippen LogP contribution is -2.35. The Morgan fingerprint density at radius 3 is 2.71 bits per heavy atom. The number of aryl methyl sites for hydroxylation is 2. The summed E-state index contributed by atoms with van der Waals surface area (Å²) in [5.74, 6) is 1.32. The highest BCUT2D eigenvalue weighted by Gasteiger charge is 2.44. The lowest BCUT2D eigenvalue weighted by Gasteiger charge is -2.20. The molecule has 2 aliphatic rings. The molecule has 3 rings (SSSR count). The van der Waals surface area contributed by atoms with Crippen molar-refractivity contribution in [3.05, 3.63) is 34.9 Å². The fourth-order valence-corrected chi connectivity index (χ4v) is 5.80. The third kappa shape index (κ3) is 2.97. The zero-order valence-electron chi connectivity index (χ0n) is 12.5. The maximum Gasteiger partial charge on any atom is 0.159 e. The van der Waals surface area contributed by atoms with E-state index in [2.05, 4.69) is 37.0 Å². The highest BCUT2D eigenvalue weighted by atomic mass is 32.2. The van der Waals surface area contributed by atoms with Crippen molar-refractivity contribution >= 4 is 26.8 Å². The molecule has 0 spiro atoms. The van der Waals surface area contributed by atoms with Gasteiger partial charge in [0.2, 0.25) is 0 Å². The molecule has 0 aromatic heterocycles. The van der Waals surface area contributed by atoms with E-state index in [0.717, 1.165) is 10.9 Å². The molecule has 2 atom stereocenters. The average Bonchev–Trinajstić information content (AvgIpc) is 2.85. The number of likely N-dealkylation sites (N-methyl/N-ethyl adjacent to an activating group) is 1. The number of fused-ring (bicyclic) bond motifs is 1. The van der Waals surface area contributed by atoms with Crippen molar-refractivity contribution in [2.45, 2.75) is 31.7 Å². The molecule has 1 aromatic carbocycles. The van der Waals surface area contributed by atoms with Crippen LogP contribution in [0.5, 0.6) is 0 Å². The molecule has 0 bridgehead atoms. The lowest BCUT2D eigenvalue weighted by molar-refractivity contribution is 0.410. The topological polar surface area (TPSA) is 49.7 Å². The summed E-state index contributed by atoms with van der Waals surface area (Å²) in [6, 6.07) is 6.48. The molecule has 114 valence electrons. The van der Waals surface area contributed by atoms with Crippen LogP contribution in [0.4, 0.5) is 0 Å². The van der Waals surface area contributed by atoms with E-state index in [4.69, 9.17) is 0 Å². The second-order valence-corrected chi connectivity index (χ2v) is 9.04. The van der Waals surface area contributed by atoms with E-state index in [9.17, 15) is 8.42 Å². The maximum atomic E-state index is 11.6. The number of nitrogens with zero attached hydrogens (tertiary/aromatic N) is 2. The van der Waals surface area contributed by atoms with Gasteiger partial charge >= 0.3 is 0 Å². The maximum absolute atomic E-state index is 11.6. The Morgan fingerprint density at radius 2 is 2.05 bits per heavy atom. The number of sulfone groups is 1. The Morgan fingerprint density at radius 1 is 1.29 bits per heavy atom. The predicted octanol–water partition coefficient (Wildman–Crippen LogP) is 2.00. The first kappa shape index (κ1) is 14.9. The van der Waals surface area contributed by atoms with Crippen LogP contribution in [-0.2, 0) is 15.6 Å². The molecule has 1 fully saturated rings. The van der Waals surface area contributed by atoms with E-state index >= 15 is 0 Å². The highest BCUT2D eigenvalue weighted by molar-refractivity contribution is 8.13. The largest absolute Gasteiger partial charge is 0.348 e. The molecule has 0 saturated carbocycles. The monoisotopic (exact) mass is 324 g/mol. The number of amidine groups is 1. The van der Waals surface area contributed by atoms with Crippen molar-refractivity contribution in [1.29, 1.82) is 0 Å². The number of rotatable bonds is 2. The van der Waals surface area contributed by atoms with Gasteiger partial charge in [0.15, 0.2) is 15.0 Å². The van der Waals surface area contributed by atoms with Gasteiger partial charge in [-0.25, -0.2) is 8.42 Å². The fraction of sp³-hybridized carbons (Fsp3) is 0.533. The zero-order chi connectivity index (χ0) is 15.2. The molecule has 1 saturated heterocycles. The molecule has 21 heavy (non-hydrogen) atoms. The number of hydrogen-bond acceptors (Lipinski definition) is 5. The summed E-state index contributed by atoms with van der Waals surface area (Å²) in [6.07, 6.45) is 0. The van der Waals surface area contributed by atoms with Gasteiger partial charge < -0.3 is 4.90 Å². The van der Waals surface area contributed by atoms with Crippen LogP contribution in [0.3, 0.4) is 0 Å². The second kappa shape index (κ2) is 5.32. The smallest absolute Gasteiger partial charge is 0.159 e. The van der Waals surface area contributed by atoms with Crippen LogP contribution in [0.15, 0.2) is 23.2 Å². The summed E-state index contributed by atoms with van der Waals surface area (Å²) in [5, 5.41) is 0.970.